The molecule has 1 heterocycles. The Kier molecular flexibility index (Phi) is 4.93. The fourth-order valence-electron chi connectivity index (χ4n) is 1.89. The molecule has 2 aromatic rings. The minimum absolute atomic E-state index is 0.381. The van der Waals surface area contributed by atoms with Crippen LogP contribution in [0.1, 0.15) is 30.4 Å². The molecule has 106 valence electrons. The number of ether oxygens (including phenoxy) is 1. The van der Waals surface area contributed by atoms with Gasteiger partial charge in [-0.25, -0.2) is 9.97 Å². The second-order valence-electron chi connectivity index (χ2n) is 4.84. The van der Waals surface area contributed by atoms with Crippen molar-refractivity contribution in [1.29, 1.82) is 0 Å². The topological polar surface area (TPSA) is 47.0 Å². The van der Waals surface area contributed by atoms with Crippen LogP contribution in [0.2, 0.25) is 0 Å². The minimum Gasteiger partial charge on any atom is -0.486 e. The molecule has 4 heteroatoms. The van der Waals surface area contributed by atoms with Crippen LogP contribution in [-0.2, 0) is 6.61 Å². The van der Waals surface area contributed by atoms with Crippen molar-refractivity contribution in [3.63, 3.8) is 0 Å². The Balaban J connectivity index is 2.03. The third kappa shape index (κ3) is 4.23. The molecule has 0 unspecified atom stereocenters. The highest BCUT2D eigenvalue weighted by molar-refractivity contribution is 5.35. The summed E-state index contributed by atoms with van der Waals surface area (Å²) in [5, 5.41) is 3.28. The molecule has 0 atom stereocenters. The molecule has 0 radical (unpaired) electrons. The van der Waals surface area contributed by atoms with E-state index >= 15 is 0 Å². The maximum absolute atomic E-state index is 5.73. The summed E-state index contributed by atoms with van der Waals surface area (Å²) >= 11 is 0. The molecule has 1 aromatic heterocycles. The average Bonchev–Trinajstić information content (AvgIpc) is 2.42. The second-order valence-corrected chi connectivity index (χ2v) is 4.84. The summed E-state index contributed by atoms with van der Waals surface area (Å²) in [6.45, 7) is 7.43. The molecule has 0 fully saturated rings. The van der Waals surface area contributed by atoms with Gasteiger partial charge in [-0.2, -0.15) is 0 Å². The predicted molar refractivity (Wildman–Crippen MR) is 81.1 cm³/mol. The largest absolute Gasteiger partial charge is 0.486 e. The Hall–Kier alpha value is -2.10. The van der Waals surface area contributed by atoms with Crippen molar-refractivity contribution >= 4 is 5.82 Å². The van der Waals surface area contributed by atoms with E-state index in [2.05, 4.69) is 22.2 Å². The van der Waals surface area contributed by atoms with E-state index in [-0.39, 0.29) is 0 Å². The van der Waals surface area contributed by atoms with Crippen molar-refractivity contribution in [2.24, 2.45) is 0 Å². The fourth-order valence-corrected chi connectivity index (χ4v) is 1.89. The Morgan fingerprint density at radius 1 is 1.15 bits per heavy atom. The first kappa shape index (κ1) is 14.3. The molecule has 1 aromatic carbocycles. The smallest absolute Gasteiger partial charge is 0.168 e. The van der Waals surface area contributed by atoms with Gasteiger partial charge in [0.1, 0.15) is 18.2 Å². The van der Waals surface area contributed by atoms with Crippen LogP contribution in [0.15, 0.2) is 30.3 Å². The SMILES string of the molecule is CCCNc1cc(C)nc(COc2cccc(C)c2)n1. The van der Waals surface area contributed by atoms with Gasteiger partial charge in [0, 0.05) is 18.3 Å². The van der Waals surface area contributed by atoms with Gasteiger partial charge in [-0.3, -0.25) is 0 Å². The van der Waals surface area contributed by atoms with E-state index in [1.165, 1.54) is 5.56 Å². The van der Waals surface area contributed by atoms with Crippen LogP contribution in [0.3, 0.4) is 0 Å². The summed E-state index contributed by atoms with van der Waals surface area (Å²) < 4.78 is 5.73. The fraction of sp³-hybridized carbons (Fsp3) is 0.375. The zero-order valence-corrected chi connectivity index (χ0v) is 12.3. The Morgan fingerprint density at radius 3 is 2.75 bits per heavy atom. The minimum atomic E-state index is 0.381. The normalized spacial score (nSPS) is 10.3. The summed E-state index contributed by atoms with van der Waals surface area (Å²) in [5.74, 6) is 2.41. The molecule has 0 saturated carbocycles. The average molecular weight is 271 g/mol. The summed E-state index contributed by atoms with van der Waals surface area (Å²) in [6, 6.07) is 9.93. The summed E-state index contributed by atoms with van der Waals surface area (Å²) in [4.78, 5) is 8.86. The molecule has 0 aliphatic carbocycles. The van der Waals surface area contributed by atoms with Crippen LogP contribution < -0.4 is 10.1 Å². The molecule has 1 N–H and O–H groups in total. The van der Waals surface area contributed by atoms with E-state index in [9.17, 15) is 0 Å². The lowest BCUT2D eigenvalue weighted by Crippen LogP contribution is -2.08. The van der Waals surface area contributed by atoms with Gasteiger partial charge in [0.05, 0.1) is 0 Å². The highest BCUT2D eigenvalue weighted by atomic mass is 16.5. The third-order valence-electron chi connectivity index (χ3n) is 2.81. The number of aryl methyl sites for hydroxylation is 2. The van der Waals surface area contributed by atoms with Gasteiger partial charge in [-0.1, -0.05) is 19.1 Å². The Labute approximate surface area is 120 Å². The number of hydrogen-bond acceptors (Lipinski definition) is 4. The number of hydrogen-bond donors (Lipinski definition) is 1. The highest BCUT2D eigenvalue weighted by Gasteiger charge is 2.03. The van der Waals surface area contributed by atoms with Gasteiger partial charge in [-0.05, 0) is 38.0 Å². The van der Waals surface area contributed by atoms with E-state index in [1.54, 1.807) is 0 Å². The maximum atomic E-state index is 5.73. The van der Waals surface area contributed by atoms with E-state index < -0.39 is 0 Å². The van der Waals surface area contributed by atoms with Gasteiger partial charge in [0.15, 0.2) is 5.82 Å². The van der Waals surface area contributed by atoms with Gasteiger partial charge in [0.25, 0.3) is 0 Å². The number of benzene rings is 1. The third-order valence-corrected chi connectivity index (χ3v) is 2.81. The summed E-state index contributed by atoms with van der Waals surface area (Å²) in [5.41, 5.74) is 2.12. The first-order valence-electron chi connectivity index (χ1n) is 6.95. The number of aromatic nitrogens is 2. The summed E-state index contributed by atoms with van der Waals surface area (Å²) in [6.07, 6.45) is 1.07. The molecular weight excluding hydrogens is 250 g/mol. The predicted octanol–water partition coefficient (Wildman–Crippen LogP) is 3.49. The van der Waals surface area contributed by atoms with E-state index in [0.717, 1.165) is 30.2 Å². The Bertz CT molecular complexity index is 569. The quantitative estimate of drug-likeness (QED) is 0.873. The number of anilines is 1. The van der Waals surface area contributed by atoms with Crippen LogP contribution in [0, 0.1) is 13.8 Å². The van der Waals surface area contributed by atoms with Gasteiger partial charge < -0.3 is 10.1 Å². The maximum Gasteiger partial charge on any atom is 0.168 e. The molecule has 0 saturated heterocycles. The van der Waals surface area contributed by atoms with Crippen LogP contribution in [0.5, 0.6) is 5.75 Å². The molecule has 2 rings (SSSR count). The standard InChI is InChI=1S/C16H21N3O/c1-4-8-17-15-10-13(3)18-16(19-15)11-20-14-7-5-6-12(2)9-14/h5-7,9-10H,4,8,11H2,1-3H3,(H,17,18,19). The molecule has 0 amide bonds. The van der Waals surface area contributed by atoms with Crippen molar-refractivity contribution in [2.45, 2.75) is 33.8 Å². The molecular formula is C16H21N3O. The van der Waals surface area contributed by atoms with Gasteiger partial charge in [0.2, 0.25) is 0 Å². The van der Waals surface area contributed by atoms with Crippen molar-refractivity contribution < 1.29 is 4.74 Å². The van der Waals surface area contributed by atoms with Crippen molar-refractivity contribution in [3.8, 4) is 5.75 Å². The van der Waals surface area contributed by atoms with Crippen LogP contribution in [-0.4, -0.2) is 16.5 Å². The lowest BCUT2D eigenvalue weighted by Gasteiger charge is -2.09. The van der Waals surface area contributed by atoms with Crippen LogP contribution >= 0.6 is 0 Å². The van der Waals surface area contributed by atoms with E-state index in [4.69, 9.17) is 4.74 Å². The van der Waals surface area contributed by atoms with Gasteiger partial charge >= 0.3 is 0 Å². The first-order chi connectivity index (χ1) is 9.67. The van der Waals surface area contributed by atoms with Crippen molar-refractivity contribution in [3.05, 3.63) is 47.4 Å². The lowest BCUT2D eigenvalue weighted by molar-refractivity contribution is 0.295. The van der Waals surface area contributed by atoms with E-state index in [0.29, 0.717) is 12.4 Å². The molecule has 0 aliphatic heterocycles. The van der Waals surface area contributed by atoms with Gasteiger partial charge in [-0.15, -0.1) is 0 Å². The summed E-state index contributed by atoms with van der Waals surface area (Å²) in [7, 11) is 0. The zero-order valence-electron chi connectivity index (χ0n) is 12.3. The molecule has 0 aliphatic rings. The molecule has 4 nitrogen and oxygen atoms in total. The monoisotopic (exact) mass is 271 g/mol. The highest BCUT2D eigenvalue weighted by Crippen LogP contribution is 2.14. The first-order valence-corrected chi connectivity index (χ1v) is 6.95. The number of rotatable bonds is 6. The number of nitrogens with zero attached hydrogens (tertiary/aromatic N) is 2. The van der Waals surface area contributed by atoms with Crippen LogP contribution in [0.25, 0.3) is 0 Å². The Morgan fingerprint density at radius 2 is 2.00 bits per heavy atom. The van der Waals surface area contributed by atoms with Crippen molar-refractivity contribution in [1.82, 2.24) is 9.97 Å². The lowest BCUT2D eigenvalue weighted by atomic mass is 10.2. The van der Waals surface area contributed by atoms with Crippen LogP contribution in [0.4, 0.5) is 5.82 Å². The zero-order chi connectivity index (χ0) is 14.4. The molecule has 20 heavy (non-hydrogen) atoms. The molecule has 0 bridgehead atoms. The van der Waals surface area contributed by atoms with Crippen molar-refractivity contribution in [2.75, 3.05) is 11.9 Å². The van der Waals surface area contributed by atoms with E-state index in [1.807, 2.05) is 44.2 Å². The number of nitrogens with one attached hydrogen (secondary N) is 1. The second kappa shape index (κ2) is 6.89. The molecule has 0 spiro atoms.